The number of halogens is 1. The summed E-state index contributed by atoms with van der Waals surface area (Å²) in [6, 6.07) is 31.1. The maximum atomic E-state index is 3.59. The van der Waals surface area contributed by atoms with Gasteiger partial charge in [-0.15, -0.1) is 0 Å². The van der Waals surface area contributed by atoms with Gasteiger partial charge in [0.2, 0.25) is 0 Å². The standard InChI is InChI=1S/C30H32BrN/c1-29(2,3)23-9-15-26(16-10-23)32(27-17-11-24(12-18-27)30(4,5)6)28-14-8-21-19-25(31)13-7-22(21)20-28/h7-20H,1-6H3. The number of rotatable bonds is 3. The van der Waals surface area contributed by atoms with Gasteiger partial charge < -0.3 is 4.90 Å². The van der Waals surface area contributed by atoms with Crippen molar-refractivity contribution >= 4 is 43.8 Å². The van der Waals surface area contributed by atoms with Gasteiger partial charge in [0.1, 0.15) is 0 Å². The zero-order valence-corrected chi connectivity index (χ0v) is 21.5. The molecule has 2 heteroatoms. The van der Waals surface area contributed by atoms with Gasteiger partial charge in [0, 0.05) is 21.5 Å². The van der Waals surface area contributed by atoms with E-state index in [1.165, 1.54) is 21.9 Å². The first-order chi connectivity index (χ1) is 15.0. The molecule has 0 aliphatic heterocycles. The van der Waals surface area contributed by atoms with E-state index in [2.05, 4.69) is 147 Å². The third-order valence-corrected chi connectivity index (χ3v) is 6.52. The topological polar surface area (TPSA) is 3.24 Å². The van der Waals surface area contributed by atoms with E-state index in [1.807, 2.05) is 0 Å². The summed E-state index contributed by atoms with van der Waals surface area (Å²) >= 11 is 3.59. The third-order valence-electron chi connectivity index (χ3n) is 6.03. The van der Waals surface area contributed by atoms with E-state index in [1.54, 1.807) is 0 Å². The number of fused-ring (bicyclic) bond motifs is 1. The lowest BCUT2D eigenvalue weighted by Gasteiger charge is -2.28. The lowest BCUT2D eigenvalue weighted by atomic mass is 9.86. The van der Waals surface area contributed by atoms with E-state index in [-0.39, 0.29) is 10.8 Å². The van der Waals surface area contributed by atoms with E-state index in [4.69, 9.17) is 0 Å². The number of benzene rings is 4. The zero-order valence-electron chi connectivity index (χ0n) is 19.9. The van der Waals surface area contributed by atoms with Crippen LogP contribution in [0.5, 0.6) is 0 Å². The van der Waals surface area contributed by atoms with Gasteiger partial charge in [0.25, 0.3) is 0 Å². The molecule has 0 aliphatic rings. The summed E-state index contributed by atoms with van der Waals surface area (Å²) in [5.74, 6) is 0. The first-order valence-corrected chi connectivity index (χ1v) is 12.0. The average Bonchev–Trinajstić information content (AvgIpc) is 2.73. The van der Waals surface area contributed by atoms with Gasteiger partial charge in [-0.05, 0) is 81.3 Å². The molecule has 0 amide bonds. The Morgan fingerprint density at radius 2 is 0.906 bits per heavy atom. The van der Waals surface area contributed by atoms with Crippen molar-refractivity contribution in [1.29, 1.82) is 0 Å². The van der Waals surface area contributed by atoms with Gasteiger partial charge in [-0.25, -0.2) is 0 Å². The molecule has 4 aromatic carbocycles. The molecular weight excluding hydrogens is 454 g/mol. The molecule has 0 fully saturated rings. The molecule has 0 radical (unpaired) electrons. The molecule has 4 aromatic rings. The maximum absolute atomic E-state index is 3.59. The van der Waals surface area contributed by atoms with Gasteiger partial charge in [-0.3, -0.25) is 0 Å². The number of hydrogen-bond donors (Lipinski definition) is 0. The highest BCUT2D eigenvalue weighted by atomic mass is 79.9. The van der Waals surface area contributed by atoms with Crippen LogP contribution in [0.1, 0.15) is 52.7 Å². The second-order valence-corrected chi connectivity index (χ2v) is 11.5. The predicted octanol–water partition coefficient (Wildman–Crippen LogP) is 9.67. The monoisotopic (exact) mass is 485 g/mol. The Balaban J connectivity index is 1.84. The van der Waals surface area contributed by atoms with Gasteiger partial charge in [0.05, 0.1) is 0 Å². The Labute approximate surface area is 201 Å². The van der Waals surface area contributed by atoms with E-state index in [0.717, 1.165) is 21.5 Å². The van der Waals surface area contributed by atoms with E-state index < -0.39 is 0 Å². The Morgan fingerprint density at radius 3 is 1.38 bits per heavy atom. The van der Waals surface area contributed by atoms with Crippen molar-refractivity contribution in [2.24, 2.45) is 0 Å². The SMILES string of the molecule is CC(C)(C)c1ccc(N(c2ccc(C(C)(C)C)cc2)c2ccc3cc(Br)ccc3c2)cc1. The Hall–Kier alpha value is -2.58. The molecule has 0 N–H and O–H groups in total. The summed E-state index contributed by atoms with van der Waals surface area (Å²) in [5.41, 5.74) is 6.44. The molecule has 0 bridgehead atoms. The van der Waals surface area contributed by atoms with Crippen molar-refractivity contribution in [2.45, 2.75) is 52.4 Å². The van der Waals surface area contributed by atoms with Crippen LogP contribution >= 0.6 is 15.9 Å². The van der Waals surface area contributed by atoms with Crippen LogP contribution < -0.4 is 4.90 Å². The molecule has 0 saturated carbocycles. The molecule has 0 saturated heterocycles. The van der Waals surface area contributed by atoms with Crippen molar-refractivity contribution in [2.75, 3.05) is 4.90 Å². The summed E-state index contributed by atoms with van der Waals surface area (Å²) in [4.78, 5) is 2.35. The highest BCUT2D eigenvalue weighted by Gasteiger charge is 2.18. The molecule has 0 aromatic heterocycles. The first-order valence-electron chi connectivity index (χ1n) is 11.2. The zero-order chi connectivity index (χ0) is 23.1. The van der Waals surface area contributed by atoms with E-state index >= 15 is 0 Å². The van der Waals surface area contributed by atoms with Crippen LogP contribution in [0.3, 0.4) is 0 Å². The van der Waals surface area contributed by atoms with Crippen molar-refractivity contribution in [3.05, 3.63) is 101 Å². The average molecular weight is 486 g/mol. The molecule has 4 rings (SSSR count). The molecule has 0 aliphatic carbocycles. The minimum atomic E-state index is 0.133. The highest BCUT2D eigenvalue weighted by molar-refractivity contribution is 9.10. The summed E-state index contributed by atoms with van der Waals surface area (Å²) in [7, 11) is 0. The van der Waals surface area contributed by atoms with Crippen molar-refractivity contribution in [3.63, 3.8) is 0 Å². The van der Waals surface area contributed by atoms with E-state index in [9.17, 15) is 0 Å². The quantitative estimate of drug-likeness (QED) is 0.279. The predicted molar refractivity (Wildman–Crippen MR) is 144 cm³/mol. The largest absolute Gasteiger partial charge is 0.310 e. The van der Waals surface area contributed by atoms with Crippen LogP contribution in [0.4, 0.5) is 17.1 Å². The molecule has 1 nitrogen and oxygen atoms in total. The van der Waals surface area contributed by atoms with Gasteiger partial charge in [-0.2, -0.15) is 0 Å². The number of nitrogens with zero attached hydrogens (tertiary/aromatic N) is 1. The van der Waals surface area contributed by atoms with Crippen LogP contribution in [0.25, 0.3) is 10.8 Å². The summed E-state index contributed by atoms with van der Waals surface area (Å²) in [6.07, 6.45) is 0. The van der Waals surface area contributed by atoms with Crippen LogP contribution in [-0.4, -0.2) is 0 Å². The molecule has 0 spiro atoms. The minimum Gasteiger partial charge on any atom is -0.310 e. The lowest BCUT2D eigenvalue weighted by molar-refractivity contribution is 0.590. The van der Waals surface area contributed by atoms with Crippen molar-refractivity contribution in [1.82, 2.24) is 0 Å². The first kappa shape index (κ1) is 22.6. The number of anilines is 3. The van der Waals surface area contributed by atoms with Gasteiger partial charge in [-0.1, -0.05) is 93.9 Å². The van der Waals surface area contributed by atoms with Crippen LogP contribution in [-0.2, 0) is 10.8 Å². The Bertz CT molecular complexity index is 1170. The lowest BCUT2D eigenvalue weighted by Crippen LogP contribution is -2.14. The fourth-order valence-corrected chi connectivity index (χ4v) is 4.39. The van der Waals surface area contributed by atoms with Crippen LogP contribution in [0.2, 0.25) is 0 Å². The van der Waals surface area contributed by atoms with Crippen LogP contribution in [0, 0.1) is 0 Å². The summed E-state index contributed by atoms with van der Waals surface area (Å²) < 4.78 is 1.10. The Morgan fingerprint density at radius 1 is 0.500 bits per heavy atom. The molecule has 0 atom stereocenters. The molecule has 164 valence electrons. The second-order valence-electron chi connectivity index (χ2n) is 10.6. The smallest absolute Gasteiger partial charge is 0.0468 e. The van der Waals surface area contributed by atoms with Gasteiger partial charge >= 0.3 is 0 Å². The normalized spacial score (nSPS) is 12.2. The highest BCUT2D eigenvalue weighted by Crippen LogP contribution is 2.38. The van der Waals surface area contributed by atoms with Crippen molar-refractivity contribution in [3.8, 4) is 0 Å². The molecule has 0 unspecified atom stereocenters. The molecule has 0 heterocycles. The minimum absolute atomic E-state index is 0.133. The van der Waals surface area contributed by atoms with Gasteiger partial charge in [0.15, 0.2) is 0 Å². The fraction of sp³-hybridized carbons (Fsp3) is 0.267. The molecule has 32 heavy (non-hydrogen) atoms. The fourth-order valence-electron chi connectivity index (χ4n) is 4.01. The summed E-state index contributed by atoms with van der Waals surface area (Å²) in [6.45, 7) is 13.5. The second kappa shape index (κ2) is 8.41. The van der Waals surface area contributed by atoms with Crippen LogP contribution in [0.15, 0.2) is 89.4 Å². The third kappa shape index (κ3) is 4.76. The summed E-state index contributed by atoms with van der Waals surface area (Å²) in [5, 5.41) is 2.46. The Kier molecular flexibility index (Phi) is 5.94. The molecular formula is C30H32BrN. The van der Waals surface area contributed by atoms with Crippen molar-refractivity contribution < 1.29 is 0 Å². The number of hydrogen-bond acceptors (Lipinski definition) is 1. The maximum Gasteiger partial charge on any atom is 0.0468 e. The van der Waals surface area contributed by atoms with E-state index in [0.29, 0.717) is 0 Å².